The van der Waals surface area contributed by atoms with E-state index in [2.05, 4.69) is 16.4 Å². The number of thiophene rings is 1. The summed E-state index contributed by atoms with van der Waals surface area (Å²) >= 11 is 1.94. The number of aryl methyl sites for hydroxylation is 2. The van der Waals surface area contributed by atoms with Gasteiger partial charge in [0.05, 0.1) is 0 Å². The number of rotatable bonds is 3. The number of nitrogens with two attached hydrogens (primary N) is 1. The number of hydrogen-bond donors (Lipinski definition) is 2. The Hall–Kier alpha value is -1.55. The highest BCUT2D eigenvalue weighted by Gasteiger charge is 2.14. The molecule has 0 saturated carbocycles. The maximum absolute atomic E-state index is 5.64. The molecule has 1 aliphatic carbocycles. The van der Waals surface area contributed by atoms with Gasteiger partial charge < -0.3 is 11.1 Å². The van der Waals surface area contributed by atoms with E-state index < -0.39 is 0 Å². The molecule has 0 fully saturated rings. The second kappa shape index (κ2) is 4.37. The van der Waals surface area contributed by atoms with Gasteiger partial charge in [0.2, 0.25) is 0 Å². The molecule has 3 nitrogen and oxygen atoms in total. The Labute approximate surface area is 105 Å². The molecule has 2 heterocycles. The van der Waals surface area contributed by atoms with E-state index in [9.17, 15) is 0 Å². The van der Waals surface area contributed by atoms with Crippen molar-refractivity contribution < 1.29 is 0 Å². The van der Waals surface area contributed by atoms with Gasteiger partial charge in [0.15, 0.2) is 0 Å². The maximum atomic E-state index is 5.64. The minimum absolute atomic E-state index is 0.559. The first-order chi connectivity index (χ1) is 8.31. The van der Waals surface area contributed by atoms with E-state index in [0.29, 0.717) is 5.82 Å². The summed E-state index contributed by atoms with van der Waals surface area (Å²) in [6.45, 7) is 0.876. The van der Waals surface area contributed by atoms with Crippen LogP contribution < -0.4 is 11.1 Å². The van der Waals surface area contributed by atoms with Crippen molar-refractivity contribution in [1.29, 1.82) is 0 Å². The molecule has 0 bridgehead atoms. The van der Waals surface area contributed by atoms with Crippen molar-refractivity contribution in [2.24, 2.45) is 0 Å². The summed E-state index contributed by atoms with van der Waals surface area (Å²) in [5, 5.41) is 3.38. The zero-order chi connectivity index (χ0) is 11.7. The summed E-state index contributed by atoms with van der Waals surface area (Å²) in [7, 11) is 0. The van der Waals surface area contributed by atoms with Gasteiger partial charge in [-0.2, -0.15) is 0 Å². The van der Waals surface area contributed by atoms with Crippen molar-refractivity contribution in [3.05, 3.63) is 39.7 Å². The van der Waals surface area contributed by atoms with E-state index >= 15 is 0 Å². The third-order valence-corrected chi connectivity index (χ3v) is 4.28. The van der Waals surface area contributed by atoms with Gasteiger partial charge in [-0.05, 0) is 37.0 Å². The molecule has 0 radical (unpaired) electrons. The van der Waals surface area contributed by atoms with E-state index in [1.165, 1.54) is 24.1 Å². The minimum Gasteiger partial charge on any atom is -0.384 e. The lowest BCUT2D eigenvalue weighted by molar-refractivity contribution is 0.913. The molecule has 3 N–H and O–H groups in total. The molecule has 0 amide bonds. The number of aromatic nitrogens is 1. The largest absolute Gasteiger partial charge is 0.384 e. The van der Waals surface area contributed by atoms with Crippen LogP contribution >= 0.6 is 11.3 Å². The lowest BCUT2D eigenvalue weighted by Crippen LogP contribution is -1.99. The van der Waals surface area contributed by atoms with Crippen LogP contribution in [0.4, 0.5) is 11.5 Å². The first-order valence-electron chi connectivity index (χ1n) is 5.87. The average molecular weight is 245 g/mol. The van der Waals surface area contributed by atoms with Crippen LogP contribution in [-0.4, -0.2) is 4.98 Å². The summed E-state index contributed by atoms with van der Waals surface area (Å²) in [5.74, 6) is 0.559. The third kappa shape index (κ3) is 2.26. The monoisotopic (exact) mass is 245 g/mol. The fraction of sp³-hybridized carbons (Fsp3) is 0.308. The molecule has 2 aromatic rings. The van der Waals surface area contributed by atoms with Crippen molar-refractivity contribution in [2.75, 3.05) is 11.1 Å². The molecule has 0 aromatic carbocycles. The van der Waals surface area contributed by atoms with Gasteiger partial charge in [0.25, 0.3) is 0 Å². The van der Waals surface area contributed by atoms with Gasteiger partial charge in [-0.25, -0.2) is 4.98 Å². The van der Waals surface area contributed by atoms with Gasteiger partial charge in [0, 0.05) is 34.2 Å². The SMILES string of the molecule is Nc1cc(NCc2cc3c(s2)CCC3)ccn1. The molecule has 0 saturated heterocycles. The van der Waals surface area contributed by atoms with E-state index in [4.69, 9.17) is 5.73 Å². The smallest absolute Gasteiger partial charge is 0.125 e. The van der Waals surface area contributed by atoms with Gasteiger partial charge in [-0.3, -0.25) is 0 Å². The molecule has 4 heteroatoms. The summed E-state index contributed by atoms with van der Waals surface area (Å²) in [6, 6.07) is 6.14. The highest BCUT2D eigenvalue weighted by atomic mass is 32.1. The molecule has 1 aliphatic rings. The van der Waals surface area contributed by atoms with Crippen molar-refractivity contribution in [3.8, 4) is 0 Å². The first-order valence-corrected chi connectivity index (χ1v) is 6.69. The summed E-state index contributed by atoms with van der Waals surface area (Å²) in [5.41, 5.74) is 8.23. The number of nitrogens with one attached hydrogen (secondary N) is 1. The predicted octanol–water partition coefficient (Wildman–Crippen LogP) is 2.83. The molecule has 0 spiro atoms. The van der Waals surface area contributed by atoms with Gasteiger partial charge >= 0.3 is 0 Å². The number of nitrogens with zero attached hydrogens (tertiary/aromatic N) is 1. The molecular weight excluding hydrogens is 230 g/mol. The molecule has 0 atom stereocenters. The number of fused-ring (bicyclic) bond motifs is 1. The highest BCUT2D eigenvalue weighted by molar-refractivity contribution is 7.12. The quantitative estimate of drug-likeness (QED) is 0.874. The Kier molecular flexibility index (Phi) is 2.73. The number of nitrogen functional groups attached to an aromatic ring is 1. The topological polar surface area (TPSA) is 50.9 Å². The van der Waals surface area contributed by atoms with Gasteiger partial charge in [0.1, 0.15) is 5.82 Å². The second-order valence-electron chi connectivity index (χ2n) is 4.34. The maximum Gasteiger partial charge on any atom is 0.125 e. The molecule has 0 unspecified atom stereocenters. The van der Waals surface area contributed by atoms with Crippen LogP contribution in [0.15, 0.2) is 24.4 Å². The molecule has 88 valence electrons. The van der Waals surface area contributed by atoms with Crippen LogP contribution in [0.3, 0.4) is 0 Å². The molecule has 17 heavy (non-hydrogen) atoms. The van der Waals surface area contributed by atoms with Crippen LogP contribution in [0.5, 0.6) is 0 Å². The number of pyridine rings is 1. The van der Waals surface area contributed by atoms with Crippen molar-refractivity contribution in [2.45, 2.75) is 25.8 Å². The van der Waals surface area contributed by atoms with Crippen LogP contribution in [0, 0.1) is 0 Å². The van der Waals surface area contributed by atoms with E-state index in [1.807, 2.05) is 23.5 Å². The van der Waals surface area contributed by atoms with Crippen molar-refractivity contribution >= 4 is 22.8 Å². The fourth-order valence-corrected chi connectivity index (χ4v) is 3.43. The van der Waals surface area contributed by atoms with Gasteiger partial charge in [-0.1, -0.05) is 0 Å². The van der Waals surface area contributed by atoms with E-state index in [1.54, 1.807) is 16.6 Å². The minimum atomic E-state index is 0.559. The standard InChI is InChI=1S/C13H15N3S/c14-13-7-10(4-5-15-13)16-8-11-6-9-2-1-3-12(9)17-11/h4-7H,1-3,8H2,(H3,14,15,16). The van der Waals surface area contributed by atoms with Crippen molar-refractivity contribution in [3.63, 3.8) is 0 Å². The zero-order valence-corrected chi connectivity index (χ0v) is 10.4. The number of hydrogen-bond acceptors (Lipinski definition) is 4. The Bertz CT molecular complexity index is 512. The second-order valence-corrected chi connectivity index (χ2v) is 5.56. The number of anilines is 2. The third-order valence-electron chi connectivity index (χ3n) is 3.05. The Morgan fingerprint density at radius 1 is 1.35 bits per heavy atom. The summed E-state index contributed by atoms with van der Waals surface area (Å²) in [6.07, 6.45) is 5.58. The first kappa shape index (κ1) is 10.6. The highest BCUT2D eigenvalue weighted by Crippen LogP contribution is 2.30. The van der Waals surface area contributed by atoms with Crippen LogP contribution in [0.2, 0.25) is 0 Å². The van der Waals surface area contributed by atoms with Crippen LogP contribution in [0.1, 0.15) is 21.7 Å². The predicted molar refractivity (Wildman–Crippen MR) is 72.3 cm³/mol. The van der Waals surface area contributed by atoms with E-state index in [-0.39, 0.29) is 0 Å². The lowest BCUT2D eigenvalue weighted by Gasteiger charge is -2.04. The normalized spacial score (nSPS) is 13.6. The van der Waals surface area contributed by atoms with E-state index in [0.717, 1.165) is 12.2 Å². The molecule has 2 aromatic heterocycles. The fourth-order valence-electron chi connectivity index (χ4n) is 2.23. The summed E-state index contributed by atoms with van der Waals surface area (Å²) < 4.78 is 0. The molecular formula is C13H15N3S. The van der Waals surface area contributed by atoms with Gasteiger partial charge in [-0.15, -0.1) is 11.3 Å². The van der Waals surface area contributed by atoms with Crippen molar-refractivity contribution in [1.82, 2.24) is 4.98 Å². The average Bonchev–Trinajstić information content (AvgIpc) is 2.86. The molecule has 0 aliphatic heterocycles. The Balaban J connectivity index is 1.67. The molecule has 3 rings (SSSR count). The zero-order valence-electron chi connectivity index (χ0n) is 9.57. The summed E-state index contributed by atoms with van der Waals surface area (Å²) in [4.78, 5) is 6.96. The Morgan fingerprint density at radius 3 is 3.12 bits per heavy atom. The van der Waals surface area contributed by atoms with Crippen LogP contribution in [-0.2, 0) is 19.4 Å². The lowest BCUT2D eigenvalue weighted by atomic mass is 10.2. The van der Waals surface area contributed by atoms with Crippen LogP contribution in [0.25, 0.3) is 0 Å². The Morgan fingerprint density at radius 2 is 2.29 bits per heavy atom.